The number of carbonyl (C=O) groups is 2. The summed E-state index contributed by atoms with van der Waals surface area (Å²) in [6, 6.07) is 10.9. The van der Waals surface area contributed by atoms with Gasteiger partial charge in [0.15, 0.2) is 11.5 Å². The number of ketones is 1. The zero-order valence-corrected chi connectivity index (χ0v) is 16.2. The first-order chi connectivity index (χ1) is 12.3. The molecule has 1 aromatic carbocycles. The Labute approximate surface area is 157 Å². The molecule has 1 unspecified atom stereocenters. The fraction of sp³-hybridized carbons (Fsp3) is 0.333. The standard InChI is InChI=1S/C21H23NO3S/c1-12(2)14-7-9-15(10-8-14)22-18(16-6-5-11-26-16)17(19(23)13(3)4)20(24)21(22)25/h5-13,18,24H,1-4H3. The van der Waals surface area contributed by atoms with E-state index in [1.54, 1.807) is 13.8 Å². The first kappa shape index (κ1) is 18.4. The van der Waals surface area contributed by atoms with Crippen LogP contribution in [0.1, 0.15) is 50.1 Å². The van der Waals surface area contributed by atoms with E-state index in [-0.39, 0.29) is 17.3 Å². The van der Waals surface area contributed by atoms with E-state index in [1.165, 1.54) is 21.8 Å². The SMILES string of the molecule is CC(C)C(=O)C1=C(O)C(=O)N(c2ccc(C(C)C)cc2)C1c1cccs1. The van der Waals surface area contributed by atoms with Gasteiger partial charge in [-0.2, -0.15) is 0 Å². The Bertz CT molecular complexity index is 848. The van der Waals surface area contributed by atoms with Gasteiger partial charge in [-0.1, -0.05) is 45.9 Å². The molecule has 1 amide bonds. The number of Topliss-reactive ketones (excluding diaryl/α,β-unsaturated/α-hetero) is 1. The Morgan fingerprint density at radius 2 is 1.77 bits per heavy atom. The summed E-state index contributed by atoms with van der Waals surface area (Å²) < 4.78 is 0. The van der Waals surface area contributed by atoms with Crippen molar-refractivity contribution in [3.8, 4) is 0 Å². The van der Waals surface area contributed by atoms with Crippen LogP contribution >= 0.6 is 11.3 Å². The monoisotopic (exact) mass is 369 g/mol. The third-order valence-electron chi connectivity index (χ3n) is 4.65. The largest absolute Gasteiger partial charge is 0.503 e. The summed E-state index contributed by atoms with van der Waals surface area (Å²) in [7, 11) is 0. The van der Waals surface area contributed by atoms with Crippen molar-refractivity contribution in [2.75, 3.05) is 4.90 Å². The molecule has 3 rings (SSSR count). The Hall–Kier alpha value is -2.40. The fourth-order valence-corrected chi connectivity index (χ4v) is 3.99. The van der Waals surface area contributed by atoms with E-state index >= 15 is 0 Å². The molecule has 0 radical (unpaired) electrons. The molecule has 1 atom stereocenters. The van der Waals surface area contributed by atoms with Crippen LogP contribution in [-0.2, 0) is 9.59 Å². The Morgan fingerprint density at radius 3 is 2.27 bits per heavy atom. The molecule has 5 heteroatoms. The molecule has 0 fully saturated rings. The number of hydrogen-bond acceptors (Lipinski definition) is 4. The molecule has 0 aliphatic carbocycles. The van der Waals surface area contributed by atoms with Crippen molar-refractivity contribution >= 4 is 28.7 Å². The molecule has 0 spiro atoms. The molecule has 1 aliphatic heterocycles. The summed E-state index contributed by atoms with van der Waals surface area (Å²) in [6.07, 6.45) is 0. The van der Waals surface area contributed by atoms with Gasteiger partial charge in [0.25, 0.3) is 5.91 Å². The number of anilines is 1. The van der Waals surface area contributed by atoms with Gasteiger partial charge in [0.1, 0.15) is 6.04 Å². The minimum absolute atomic E-state index is 0.195. The molecule has 0 saturated carbocycles. The van der Waals surface area contributed by atoms with Crippen molar-refractivity contribution in [1.82, 2.24) is 0 Å². The van der Waals surface area contributed by atoms with Crippen molar-refractivity contribution in [1.29, 1.82) is 0 Å². The van der Waals surface area contributed by atoms with Crippen LogP contribution in [0.4, 0.5) is 5.69 Å². The van der Waals surface area contributed by atoms with E-state index in [2.05, 4.69) is 13.8 Å². The first-order valence-corrected chi connectivity index (χ1v) is 9.65. The number of benzene rings is 1. The third kappa shape index (κ3) is 3.07. The lowest BCUT2D eigenvalue weighted by atomic mass is 9.94. The zero-order valence-electron chi connectivity index (χ0n) is 15.4. The normalized spacial score (nSPS) is 17.7. The third-order valence-corrected chi connectivity index (χ3v) is 5.57. The van der Waals surface area contributed by atoms with E-state index in [0.717, 1.165) is 4.88 Å². The van der Waals surface area contributed by atoms with Gasteiger partial charge in [-0.15, -0.1) is 11.3 Å². The lowest BCUT2D eigenvalue weighted by molar-refractivity contribution is -0.119. The highest BCUT2D eigenvalue weighted by molar-refractivity contribution is 7.10. The number of rotatable bonds is 5. The van der Waals surface area contributed by atoms with Crippen LogP contribution < -0.4 is 4.90 Å². The van der Waals surface area contributed by atoms with Gasteiger partial charge < -0.3 is 5.11 Å². The van der Waals surface area contributed by atoms with Gasteiger partial charge in [-0.05, 0) is 35.1 Å². The average Bonchev–Trinajstić information content (AvgIpc) is 3.22. The topological polar surface area (TPSA) is 57.6 Å². The van der Waals surface area contributed by atoms with Crippen LogP contribution in [0.15, 0.2) is 53.1 Å². The van der Waals surface area contributed by atoms with Crippen molar-refractivity contribution in [2.45, 2.75) is 39.7 Å². The molecule has 1 aliphatic rings. The van der Waals surface area contributed by atoms with Gasteiger partial charge in [0, 0.05) is 16.5 Å². The molecule has 1 aromatic heterocycles. The van der Waals surface area contributed by atoms with Crippen molar-refractivity contribution < 1.29 is 14.7 Å². The molecule has 26 heavy (non-hydrogen) atoms. The van der Waals surface area contributed by atoms with E-state index in [1.807, 2.05) is 41.8 Å². The van der Waals surface area contributed by atoms with Crippen molar-refractivity contribution in [3.05, 3.63) is 63.6 Å². The summed E-state index contributed by atoms with van der Waals surface area (Å²) in [6.45, 7) is 7.77. The summed E-state index contributed by atoms with van der Waals surface area (Å²) in [4.78, 5) is 28.0. The number of aliphatic hydroxyl groups excluding tert-OH is 1. The molecule has 4 nitrogen and oxygen atoms in total. The maximum Gasteiger partial charge on any atom is 0.294 e. The maximum absolute atomic E-state index is 12.8. The van der Waals surface area contributed by atoms with Gasteiger partial charge in [-0.25, -0.2) is 0 Å². The number of thiophene rings is 1. The summed E-state index contributed by atoms with van der Waals surface area (Å²) in [5.74, 6) is -1.07. The van der Waals surface area contributed by atoms with Gasteiger partial charge >= 0.3 is 0 Å². The Balaban J connectivity index is 2.10. The number of aliphatic hydroxyl groups is 1. The molecule has 2 aromatic rings. The number of hydrogen-bond donors (Lipinski definition) is 1. The van der Waals surface area contributed by atoms with Crippen LogP contribution in [0, 0.1) is 5.92 Å². The highest BCUT2D eigenvalue weighted by Crippen LogP contribution is 2.43. The molecule has 0 bridgehead atoms. The second-order valence-electron chi connectivity index (χ2n) is 7.12. The molecule has 2 heterocycles. The summed E-state index contributed by atoms with van der Waals surface area (Å²) >= 11 is 1.47. The zero-order chi connectivity index (χ0) is 19.0. The van der Waals surface area contributed by atoms with Gasteiger partial charge in [0.05, 0.1) is 5.57 Å². The first-order valence-electron chi connectivity index (χ1n) is 8.77. The maximum atomic E-state index is 12.8. The molecule has 136 valence electrons. The highest BCUT2D eigenvalue weighted by Gasteiger charge is 2.45. The predicted octanol–water partition coefficient (Wildman–Crippen LogP) is 5.00. The minimum atomic E-state index is -0.581. The fourth-order valence-electron chi connectivity index (χ4n) is 3.17. The van der Waals surface area contributed by atoms with E-state index < -0.39 is 17.7 Å². The highest BCUT2D eigenvalue weighted by atomic mass is 32.1. The van der Waals surface area contributed by atoms with Crippen LogP contribution in [0.2, 0.25) is 0 Å². The van der Waals surface area contributed by atoms with E-state index in [9.17, 15) is 14.7 Å². The van der Waals surface area contributed by atoms with Gasteiger partial charge in [0.2, 0.25) is 0 Å². The number of carbonyl (C=O) groups excluding carboxylic acids is 2. The molecular formula is C21H23NO3S. The van der Waals surface area contributed by atoms with Crippen molar-refractivity contribution in [3.63, 3.8) is 0 Å². The predicted molar refractivity (Wildman–Crippen MR) is 105 cm³/mol. The summed E-state index contributed by atoms with van der Waals surface area (Å²) in [5, 5.41) is 12.4. The number of amides is 1. The quantitative estimate of drug-likeness (QED) is 0.807. The van der Waals surface area contributed by atoms with Crippen LogP contribution in [-0.4, -0.2) is 16.8 Å². The van der Waals surface area contributed by atoms with Crippen molar-refractivity contribution in [2.24, 2.45) is 5.92 Å². The smallest absolute Gasteiger partial charge is 0.294 e. The minimum Gasteiger partial charge on any atom is -0.503 e. The Morgan fingerprint density at radius 1 is 1.12 bits per heavy atom. The molecular weight excluding hydrogens is 346 g/mol. The lowest BCUT2D eigenvalue weighted by Gasteiger charge is -2.26. The molecule has 0 saturated heterocycles. The van der Waals surface area contributed by atoms with Crippen LogP contribution in [0.25, 0.3) is 0 Å². The average molecular weight is 369 g/mol. The van der Waals surface area contributed by atoms with Crippen LogP contribution in [0.5, 0.6) is 0 Å². The number of nitrogens with zero attached hydrogens (tertiary/aromatic N) is 1. The van der Waals surface area contributed by atoms with E-state index in [4.69, 9.17) is 0 Å². The second kappa shape index (κ2) is 7.08. The molecule has 1 N–H and O–H groups in total. The second-order valence-corrected chi connectivity index (χ2v) is 8.10. The summed E-state index contributed by atoms with van der Waals surface area (Å²) in [5.41, 5.74) is 2.04. The lowest BCUT2D eigenvalue weighted by Crippen LogP contribution is -2.31. The van der Waals surface area contributed by atoms with E-state index in [0.29, 0.717) is 11.6 Å². The van der Waals surface area contributed by atoms with Gasteiger partial charge in [-0.3, -0.25) is 14.5 Å². The Kier molecular flexibility index (Phi) is 5.01. The van der Waals surface area contributed by atoms with Crippen LogP contribution in [0.3, 0.4) is 0 Å².